The maximum Gasteiger partial charge on any atom is 0.243 e. The average molecular weight is 460 g/mol. The minimum atomic E-state index is -3.48. The molecule has 1 aromatic rings. The maximum absolute atomic E-state index is 13.4. The predicted octanol–water partition coefficient (Wildman–Crippen LogP) is 5.47. The molecule has 4 aliphatic carbocycles. The van der Waals surface area contributed by atoms with E-state index in [-0.39, 0.29) is 11.5 Å². The number of hydrogen-bond acceptors (Lipinski definition) is 3. The molecule has 4 aliphatic rings. The molecule has 0 aromatic heterocycles. The average Bonchev–Trinajstić information content (AvgIpc) is 3.11. The molecule has 0 saturated heterocycles. The number of rotatable bonds is 3. The number of hydrogen-bond donors (Lipinski definition) is 1. The summed E-state index contributed by atoms with van der Waals surface area (Å²) >= 11 is 0. The lowest BCUT2D eigenvalue weighted by molar-refractivity contribution is -0.145. The van der Waals surface area contributed by atoms with E-state index in [1.165, 1.54) is 19.3 Å². The largest absolute Gasteiger partial charge is 0.390 e. The van der Waals surface area contributed by atoms with E-state index in [1.807, 2.05) is 32.2 Å². The van der Waals surface area contributed by atoms with Crippen LogP contribution in [0.3, 0.4) is 0 Å². The van der Waals surface area contributed by atoms with Crippen molar-refractivity contribution in [2.75, 3.05) is 7.05 Å². The second-order valence-corrected chi connectivity index (χ2v) is 14.3. The van der Waals surface area contributed by atoms with Gasteiger partial charge in [0.15, 0.2) is 0 Å². The molecular weight excluding hydrogens is 418 g/mol. The third-order valence-corrected chi connectivity index (χ3v) is 12.6. The number of sulfonamides is 1. The van der Waals surface area contributed by atoms with Crippen molar-refractivity contribution in [2.45, 2.75) is 95.1 Å². The second kappa shape index (κ2) is 7.55. The van der Waals surface area contributed by atoms with Crippen LogP contribution >= 0.6 is 0 Å². The molecule has 0 amide bonds. The van der Waals surface area contributed by atoms with Crippen molar-refractivity contribution in [1.82, 2.24) is 4.31 Å². The first-order valence-electron chi connectivity index (χ1n) is 12.7. The lowest BCUT2D eigenvalue weighted by Gasteiger charge is -2.62. The molecule has 0 heterocycles. The molecule has 0 spiro atoms. The summed E-state index contributed by atoms with van der Waals surface area (Å²) < 4.78 is 28.6. The van der Waals surface area contributed by atoms with Gasteiger partial charge in [0.1, 0.15) is 0 Å². The summed E-state index contributed by atoms with van der Waals surface area (Å²) in [4.78, 5) is 0.408. The highest BCUT2D eigenvalue weighted by Crippen LogP contribution is 2.67. The van der Waals surface area contributed by atoms with Gasteiger partial charge < -0.3 is 5.11 Å². The van der Waals surface area contributed by atoms with Crippen LogP contribution < -0.4 is 0 Å². The van der Waals surface area contributed by atoms with Gasteiger partial charge >= 0.3 is 0 Å². The van der Waals surface area contributed by atoms with Crippen molar-refractivity contribution >= 4 is 10.0 Å². The van der Waals surface area contributed by atoms with E-state index in [0.717, 1.165) is 44.4 Å². The van der Waals surface area contributed by atoms with E-state index in [4.69, 9.17) is 0 Å². The first kappa shape index (κ1) is 22.9. The molecule has 0 aliphatic heterocycles. The van der Waals surface area contributed by atoms with Crippen LogP contribution in [0.25, 0.3) is 0 Å². The topological polar surface area (TPSA) is 57.6 Å². The zero-order valence-corrected chi connectivity index (χ0v) is 21.1. The van der Waals surface area contributed by atoms with E-state index >= 15 is 0 Å². The summed E-state index contributed by atoms with van der Waals surface area (Å²) in [5.41, 5.74) is -0.0964. The lowest BCUT2D eigenvalue weighted by atomic mass is 9.44. The summed E-state index contributed by atoms with van der Waals surface area (Å²) in [5, 5.41) is 10.7. The van der Waals surface area contributed by atoms with Crippen LogP contribution in [0.1, 0.15) is 78.6 Å². The van der Waals surface area contributed by atoms with Gasteiger partial charge in [-0.05, 0) is 111 Å². The fourth-order valence-corrected chi connectivity index (χ4v) is 10.4. The summed E-state index contributed by atoms with van der Waals surface area (Å²) in [5.74, 6) is 2.68. The Hall–Kier alpha value is -0.910. The van der Waals surface area contributed by atoms with E-state index in [0.29, 0.717) is 28.1 Å². The minimum Gasteiger partial charge on any atom is -0.390 e. The van der Waals surface area contributed by atoms with Gasteiger partial charge in [-0.2, -0.15) is 4.31 Å². The van der Waals surface area contributed by atoms with Gasteiger partial charge in [0.25, 0.3) is 0 Å². The minimum absolute atomic E-state index is 0.0567. The summed E-state index contributed by atoms with van der Waals surface area (Å²) in [6, 6.07) is 9.01. The maximum atomic E-state index is 13.4. The standard InChI is InChI=1S/C27H41NO3S/c1-25(29)16-17-26(2)19(18-25)10-11-21-22-12-13-24(27(22,3)15-14-23(21)26)28(4)32(30,31)20-8-6-5-7-9-20/h5-9,19,21-24,29H,10-18H2,1-4H3/t19?,21-,22?,23?,24-,25+,26-,27-/m0/s1. The molecule has 3 unspecified atom stereocenters. The molecule has 4 saturated carbocycles. The number of aliphatic hydroxyl groups is 1. The fourth-order valence-electron chi connectivity index (χ4n) is 8.93. The quantitative estimate of drug-likeness (QED) is 0.652. The Labute approximate surface area is 194 Å². The zero-order valence-electron chi connectivity index (χ0n) is 20.3. The number of benzene rings is 1. The van der Waals surface area contributed by atoms with E-state index in [9.17, 15) is 13.5 Å². The molecule has 32 heavy (non-hydrogen) atoms. The predicted molar refractivity (Wildman–Crippen MR) is 128 cm³/mol. The zero-order chi connectivity index (χ0) is 22.9. The van der Waals surface area contributed by atoms with Crippen LogP contribution in [0.15, 0.2) is 35.2 Å². The SMILES string of the molecule is CN([C@H]1CCC2[C@@H]3CCC4C[C@](C)(O)CC[C@]4(C)C3CC[C@@]21C)S(=O)(=O)c1ccccc1. The summed E-state index contributed by atoms with van der Waals surface area (Å²) in [6.45, 7) is 6.94. The van der Waals surface area contributed by atoms with Crippen molar-refractivity contribution in [3.05, 3.63) is 30.3 Å². The van der Waals surface area contributed by atoms with Crippen molar-refractivity contribution in [2.24, 2.45) is 34.5 Å². The molecule has 1 aromatic carbocycles. The molecule has 0 bridgehead atoms. The Kier molecular flexibility index (Phi) is 5.39. The molecule has 4 nitrogen and oxygen atoms in total. The van der Waals surface area contributed by atoms with E-state index in [2.05, 4.69) is 13.8 Å². The van der Waals surface area contributed by atoms with Crippen molar-refractivity contribution < 1.29 is 13.5 Å². The van der Waals surface area contributed by atoms with Gasteiger partial charge in [0.2, 0.25) is 10.0 Å². The molecule has 1 N–H and O–H groups in total. The van der Waals surface area contributed by atoms with Gasteiger partial charge in [-0.1, -0.05) is 32.0 Å². The van der Waals surface area contributed by atoms with E-state index in [1.54, 1.807) is 16.4 Å². The Balaban J connectivity index is 1.40. The molecule has 4 fully saturated rings. The van der Waals surface area contributed by atoms with E-state index < -0.39 is 15.6 Å². The Bertz CT molecular complexity index is 960. The highest BCUT2D eigenvalue weighted by atomic mass is 32.2. The summed E-state index contributed by atoms with van der Waals surface area (Å²) in [6.07, 6.45) is 9.95. The smallest absolute Gasteiger partial charge is 0.243 e. The third-order valence-electron chi connectivity index (χ3n) is 10.8. The van der Waals surface area contributed by atoms with Crippen LogP contribution in [0, 0.1) is 34.5 Å². The highest BCUT2D eigenvalue weighted by Gasteiger charge is 2.62. The van der Waals surface area contributed by atoms with Gasteiger partial charge in [-0.25, -0.2) is 8.42 Å². The van der Waals surface area contributed by atoms with Crippen molar-refractivity contribution in [1.29, 1.82) is 0 Å². The molecule has 5 heteroatoms. The third kappa shape index (κ3) is 3.32. The Morgan fingerprint density at radius 1 is 0.875 bits per heavy atom. The normalized spacial score (nSPS) is 46.4. The number of fused-ring (bicyclic) bond motifs is 5. The first-order chi connectivity index (χ1) is 15.0. The monoisotopic (exact) mass is 459 g/mol. The highest BCUT2D eigenvalue weighted by molar-refractivity contribution is 7.89. The number of nitrogens with zero attached hydrogens (tertiary/aromatic N) is 1. The fraction of sp³-hybridized carbons (Fsp3) is 0.778. The van der Waals surface area contributed by atoms with Crippen LogP contribution in [0.4, 0.5) is 0 Å². The molecule has 0 radical (unpaired) electrons. The van der Waals surface area contributed by atoms with Crippen molar-refractivity contribution in [3.8, 4) is 0 Å². The Morgan fingerprint density at radius 2 is 1.56 bits per heavy atom. The second-order valence-electron chi connectivity index (χ2n) is 12.3. The lowest BCUT2D eigenvalue weighted by Crippen LogP contribution is -2.57. The first-order valence-corrected chi connectivity index (χ1v) is 14.2. The van der Waals surface area contributed by atoms with Crippen LogP contribution in [-0.4, -0.2) is 36.5 Å². The van der Waals surface area contributed by atoms with Crippen LogP contribution in [0.2, 0.25) is 0 Å². The molecule has 8 atom stereocenters. The Morgan fingerprint density at radius 3 is 2.28 bits per heavy atom. The molecule has 178 valence electrons. The van der Waals surface area contributed by atoms with Gasteiger partial charge in [0.05, 0.1) is 10.5 Å². The summed E-state index contributed by atoms with van der Waals surface area (Å²) in [7, 11) is -1.67. The molecular formula is C27H41NO3S. The van der Waals surface area contributed by atoms with Crippen LogP contribution in [0.5, 0.6) is 0 Å². The van der Waals surface area contributed by atoms with Gasteiger partial charge in [-0.15, -0.1) is 0 Å². The van der Waals surface area contributed by atoms with Gasteiger partial charge in [-0.3, -0.25) is 0 Å². The van der Waals surface area contributed by atoms with Crippen LogP contribution in [-0.2, 0) is 10.0 Å². The van der Waals surface area contributed by atoms with Gasteiger partial charge in [0, 0.05) is 13.1 Å². The van der Waals surface area contributed by atoms with Crippen molar-refractivity contribution in [3.63, 3.8) is 0 Å². The molecule has 5 rings (SSSR count).